The fourth-order valence-electron chi connectivity index (χ4n) is 3.10. The van der Waals surface area contributed by atoms with E-state index in [9.17, 15) is 4.79 Å². The number of nitrogens with zero attached hydrogens (tertiary/aromatic N) is 1. The van der Waals surface area contributed by atoms with Gasteiger partial charge < -0.3 is 15.2 Å². The highest BCUT2D eigenvalue weighted by Gasteiger charge is 2.26. The van der Waals surface area contributed by atoms with Gasteiger partial charge in [-0.3, -0.25) is 0 Å². The zero-order valence-corrected chi connectivity index (χ0v) is 16.3. The first-order valence-electron chi connectivity index (χ1n) is 8.02. The number of benzene rings is 2. The third kappa shape index (κ3) is 2.97. The molecule has 0 spiro atoms. The molecule has 0 fully saturated rings. The Kier molecular flexibility index (Phi) is 4.42. The number of aryl methyl sites for hydroxylation is 1. The van der Waals surface area contributed by atoms with Gasteiger partial charge in [0.1, 0.15) is 5.75 Å². The van der Waals surface area contributed by atoms with E-state index in [1.54, 1.807) is 42.7 Å². The van der Waals surface area contributed by atoms with Gasteiger partial charge in [-0.1, -0.05) is 15.9 Å². The Balaban J connectivity index is 1.69. The van der Waals surface area contributed by atoms with Crippen molar-refractivity contribution in [1.82, 2.24) is 4.98 Å². The minimum atomic E-state index is -0.935. The number of hydrogen-bond acceptors (Lipinski definition) is 5. The molecule has 0 amide bonds. The fraction of sp³-hybridized carbons (Fsp3) is 0.158. The molecule has 4 rings (SSSR count). The number of hydrogen-bond donors (Lipinski definition) is 2. The van der Waals surface area contributed by atoms with Crippen LogP contribution in [0.1, 0.15) is 20.8 Å². The normalized spacial score (nSPS) is 12.2. The molecule has 1 aromatic heterocycles. The minimum absolute atomic E-state index is 0.262. The van der Waals surface area contributed by atoms with Crippen molar-refractivity contribution >= 4 is 44.1 Å². The van der Waals surface area contributed by atoms with Gasteiger partial charge >= 0.3 is 5.97 Å². The Hall–Kier alpha value is -2.38. The largest absolute Gasteiger partial charge is 0.496 e. The summed E-state index contributed by atoms with van der Waals surface area (Å²) in [5.74, 6) is -0.109. The first-order valence-corrected chi connectivity index (χ1v) is 9.63. The number of carboxylic acid groups (broad SMARTS) is 1. The van der Waals surface area contributed by atoms with Crippen LogP contribution in [0.3, 0.4) is 0 Å². The number of halogens is 1. The van der Waals surface area contributed by atoms with Crippen molar-refractivity contribution in [2.24, 2.45) is 0 Å². The SMILES string of the molecule is COc1ccc(Br)c2c1-c1nc(Nc3ccc(C(=O)O)cc3)sc1CC2. The van der Waals surface area contributed by atoms with Crippen LogP contribution < -0.4 is 10.1 Å². The number of ether oxygens (including phenoxy) is 1. The molecule has 0 radical (unpaired) electrons. The molecule has 3 aromatic rings. The Bertz CT molecular complexity index is 999. The maximum atomic E-state index is 11.0. The molecule has 1 heterocycles. The summed E-state index contributed by atoms with van der Waals surface area (Å²) in [4.78, 5) is 17.0. The number of aromatic nitrogens is 1. The zero-order chi connectivity index (χ0) is 18.3. The summed E-state index contributed by atoms with van der Waals surface area (Å²) in [6.07, 6.45) is 1.88. The Morgan fingerprint density at radius 3 is 2.69 bits per heavy atom. The summed E-state index contributed by atoms with van der Waals surface area (Å²) in [7, 11) is 1.67. The highest BCUT2D eigenvalue weighted by Crippen LogP contribution is 2.45. The van der Waals surface area contributed by atoms with Crippen LogP contribution >= 0.6 is 27.3 Å². The smallest absolute Gasteiger partial charge is 0.335 e. The average Bonchev–Trinajstić information content (AvgIpc) is 3.05. The molecule has 0 saturated carbocycles. The first kappa shape index (κ1) is 17.1. The van der Waals surface area contributed by atoms with Crippen LogP contribution in [0.2, 0.25) is 0 Å². The number of methoxy groups -OCH3 is 1. The van der Waals surface area contributed by atoms with Gasteiger partial charge in [-0.25, -0.2) is 9.78 Å². The average molecular weight is 431 g/mol. The van der Waals surface area contributed by atoms with Crippen LogP contribution in [0.5, 0.6) is 5.75 Å². The third-order valence-corrected chi connectivity index (χ3v) is 6.13. The van der Waals surface area contributed by atoms with Crippen molar-refractivity contribution in [1.29, 1.82) is 0 Å². The van der Waals surface area contributed by atoms with E-state index in [4.69, 9.17) is 14.8 Å². The van der Waals surface area contributed by atoms with Gasteiger partial charge in [0.05, 0.1) is 18.4 Å². The molecule has 0 atom stereocenters. The van der Waals surface area contributed by atoms with Crippen LogP contribution in [0.25, 0.3) is 11.3 Å². The van der Waals surface area contributed by atoms with Gasteiger partial charge in [0.25, 0.3) is 0 Å². The van der Waals surface area contributed by atoms with Crippen LogP contribution in [0, 0.1) is 0 Å². The Labute approximate surface area is 162 Å². The van der Waals surface area contributed by atoms with Crippen LogP contribution in [-0.2, 0) is 12.8 Å². The topological polar surface area (TPSA) is 71.5 Å². The highest BCUT2D eigenvalue weighted by molar-refractivity contribution is 9.10. The van der Waals surface area contributed by atoms with Gasteiger partial charge in [-0.15, -0.1) is 11.3 Å². The molecule has 0 bridgehead atoms. The lowest BCUT2D eigenvalue weighted by molar-refractivity contribution is 0.0697. The molecule has 2 aromatic carbocycles. The maximum absolute atomic E-state index is 11.0. The maximum Gasteiger partial charge on any atom is 0.335 e. The molecule has 1 aliphatic carbocycles. The lowest BCUT2D eigenvalue weighted by atomic mass is 9.93. The molecule has 0 aliphatic heterocycles. The Morgan fingerprint density at radius 2 is 2.00 bits per heavy atom. The number of thiazole rings is 1. The van der Waals surface area contributed by atoms with Crippen molar-refractivity contribution in [2.75, 3.05) is 12.4 Å². The molecular formula is C19H15BrN2O3S. The zero-order valence-electron chi connectivity index (χ0n) is 13.9. The van der Waals surface area contributed by atoms with E-state index in [0.717, 1.165) is 45.1 Å². The third-order valence-electron chi connectivity index (χ3n) is 4.36. The molecule has 26 heavy (non-hydrogen) atoms. The summed E-state index contributed by atoms with van der Waals surface area (Å²) in [5, 5.41) is 13.1. The molecular weight excluding hydrogens is 416 g/mol. The van der Waals surface area contributed by atoms with Gasteiger partial charge in [0.2, 0.25) is 0 Å². The fourth-order valence-corrected chi connectivity index (χ4v) is 4.62. The molecule has 7 heteroatoms. The van der Waals surface area contributed by atoms with Gasteiger partial charge in [-0.05, 0) is 54.8 Å². The lowest BCUT2D eigenvalue weighted by Gasteiger charge is -2.19. The standard InChI is InChI=1S/C19H15BrN2O3S/c1-25-14-8-7-13(20)12-6-9-15-17(16(12)14)22-19(26-15)21-11-4-2-10(3-5-11)18(23)24/h2-5,7-8H,6,9H2,1H3,(H,21,22)(H,23,24). The van der Waals surface area contributed by atoms with Crippen LogP contribution in [-0.4, -0.2) is 23.2 Å². The molecule has 1 aliphatic rings. The molecule has 2 N–H and O–H groups in total. The van der Waals surface area contributed by atoms with E-state index >= 15 is 0 Å². The van der Waals surface area contributed by atoms with Crippen molar-refractivity contribution in [3.63, 3.8) is 0 Å². The van der Waals surface area contributed by atoms with E-state index in [1.807, 2.05) is 12.1 Å². The van der Waals surface area contributed by atoms with E-state index in [1.165, 1.54) is 10.4 Å². The van der Waals surface area contributed by atoms with Crippen molar-refractivity contribution in [3.8, 4) is 17.0 Å². The molecule has 0 saturated heterocycles. The molecule has 132 valence electrons. The van der Waals surface area contributed by atoms with Crippen LogP contribution in [0.4, 0.5) is 10.8 Å². The second-order valence-corrected chi connectivity index (χ2v) is 7.84. The van der Waals surface area contributed by atoms with E-state index in [0.29, 0.717) is 0 Å². The van der Waals surface area contributed by atoms with Crippen LogP contribution in [0.15, 0.2) is 40.9 Å². The quantitative estimate of drug-likeness (QED) is 0.600. The second kappa shape index (κ2) is 6.74. The summed E-state index contributed by atoms with van der Waals surface area (Å²) in [6, 6.07) is 10.6. The van der Waals surface area contributed by atoms with Crippen molar-refractivity contribution in [2.45, 2.75) is 12.8 Å². The predicted octanol–water partition coefficient (Wildman–Crippen LogP) is 5.12. The van der Waals surface area contributed by atoms with E-state index < -0.39 is 5.97 Å². The molecule has 0 unspecified atom stereocenters. The second-order valence-electron chi connectivity index (χ2n) is 5.90. The minimum Gasteiger partial charge on any atom is -0.496 e. The molecule has 5 nitrogen and oxygen atoms in total. The van der Waals surface area contributed by atoms with E-state index in [2.05, 4.69) is 21.2 Å². The summed E-state index contributed by atoms with van der Waals surface area (Å²) in [5.41, 5.74) is 4.30. The van der Waals surface area contributed by atoms with E-state index in [-0.39, 0.29) is 5.56 Å². The summed E-state index contributed by atoms with van der Waals surface area (Å²) in [6.45, 7) is 0. The summed E-state index contributed by atoms with van der Waals surface area (Å²) < 4.78 is 6.63. The number of anilines is 2. The number of carboxylic acids is 1. The van der Waals surface area contributed by atoms with Crippen molar-refractivity contribution in [3.05, 3.63) is 56.9 Å². The number of rotatable bonds is 4. The first-order chi connectivity index (χ1) is 12.6. The highest BCUT2D eigenvalue weighted by atomic mass is 79.9. The summed E-state index contributed by atoms with van der Waals surface area (Å²) >= 11 is 5.25. The lowest BCUT2D eigenvalue weighted by Crippen LogP contribution is -2.05. The number of aromatic carboxylic acids is 1. The monoisotopic (exact) mass is 430 g/mol. The van der Waals surface area contributed by atoms with Gasteiger partial charge in [-0.2, -0.15) is 0 Å². The van der Waals surface area contributed by atoms with Gasteiger partial charge in [0.15, 0.2) is 5.13 Å². The van der Waals surface area contributed by atoms with Gasteiger partial charge in [0, 0.05) is 20.6 Å². The number of nitrogens with one attached hydrogen (secondary N) is 1. The van der Waals surface area contributed by atoms with Crippen molar-refractivity contribution < 1.29 is 14.6 Å². The predicted molar refractivity (Wildman–Crippen MR) is 106 cm³/mol. The number of carbonyl (C=O) groups is 1. The number of fused-ring (bicyclic) bond motifs is 3. The Morgan fingerprint density at radius 1 is 1.23 bits per heavy atom.